The topological polar surface area (TPSA) is 181 Å². The highest BCUT2D eigenvalue weighted by atomic mass is 16.7. The zero-order chi connectivity index (χ0) is 42.6. The third-order valence-electron chi connectivity index (χ3n) is 13.0. The smallest absolute Gasteiger partial charge is 0.314 e. The van der Waals surface area contributed by atoms with Crippen molar-refractivity contribution in [2.24, 2.45) is 56.2 Å². The van der Waals surface area contributed by atoms with Crippen LogP contribution in [0.25, 0.3) is 11.1 Å². The third kappa shape index (κ3) is 9.19. The first-order valence-electron chi connectivity index (χ1n) is 20.4. The van der Waals surface area contributed by atoms with Gasteiger partial charge in [-0.3, -0.25) is 19.2 Å². The number of ether oxygens (including phenoxy) is 2. The molecule has 3 saturated carbocycles. The minimum absolute atomic E-state index is 0.0110. The van der Waals surface area contributed by atoms with Crippen molar-refractivity contribution in [2.45, 2.75) is 77.8 Å². The number of nitrogens with one attached hydrogen (secondary N) is 1. The number of nitrogens with two attached hydrogens (primary N) is 1. The van der Waals surface area contributed by atoms with Gasteiger partial charge in [0.2, 0.25) is 5.91 Å². The van der Waals surface area contributed by atoms with Crippen LogP contribution in [-0.2, 0) is 32.1 Å². The van der Waals surface area contributed by atoms with E-state index in [9.17, 15) is 19.5 Å². The highest BCUT2D eigenvalue weighted by Gasteiger charge is 2.57. The normalized spacial score (nSPS) is 25.9. The lowest BCUT2D eigenvalue weighted by molar-refractivity contribution is -0.176. The molecule has 4 fully saturated rings. The molecular weight excluding hydrogens is 751 g/mol. The first-order valence-corrected chi connectivity index (χ1v) is 20.4. The van der Waals surface area contributed by atoms with Crippen molar-refractivity contribution >= 4 is 29.7 Å². The minimum Gasteiger partial charge on any atom is -0.496 e. The molecule has 7 rings (SSSR count). The van der Waals surface area contributed by atoms with E-state index in [-0.39, 0.29) is 30.5 Å². The number of amides is 2. The summed E-state index contributed by atoms with van der Waals surface area (Å²) in [6, 6.07) is 19.8. The van der Waals surface area contributed by atoms with Crippen LogP contribution in [0.4, 0.5) is 5.69 Å². The van der Waals surface area contributed by atoms with Crippen LogP contribution in [-0.4, -0.2) is 93.3 Å². The number of rotatable bonds is 15. The van der Waals surface area contributed by atoms with Crippen LogP contribution in [0, 0.1) is 35.0 Å². The Morgan fingerprint density at radius 3 is 2.46 bits per heavy atom. The van der Waals surface area contributed by atoms with Crippen molar-refractivity contribution in [1.82, 2.24) is 10.4 Å². The summed E-state index contributed by atoms with van der Waals surface area (Å²) in [5.74, 6) is 4.68. The van der Waals surface area contributed by atoms with Crippen molar-refractivity contribution in [1.29, 1.82) is 0 Å². The van der Waals surface area contributed by atoms with Crippen LogP contribution >= 0.6 is 0 Å². The highest BCUT2D eigenvalue weighted by molar-refractivity contribution is 6.03. The van der Waals surface area contributed by atoms with Gasteiger partial charge >= 0.3 is 5.97 Å². The molecule has 4 aliphatic rings. The van der Waals surface area contributed by atoms with Gasteiger partial charge in [0.25, 0.3) is 5.91 Å². The molecule has 14 nitrogen and oxygen atoms in total. The van der Waals surface area contributed by atoms with Gasteiger partial charge in [-0.25, -0.2) is 4.99 Å². The van der Waals surface area contributed by atoms with Gasteiger partial charge in [-0.05, 0) is 78.7 Å². The SMILES string of the molecule is COC(=O)C(C=NC(=O)c1cc(-c2cccc(CN3O[C@@H](CN=NN)[C@@H]([C@H](C)O)[C@H]3C(=O)N[C@H]3C[C@H]4C[C@@H]([C@@H]3C)C4(C)C)c2OC)cc(N(C)C)c1)Cc1ccccc1. The Morgan fingerprint density at radius 1 is 1.08 bits per heavy atom. The van der Waals surface area contributed by atoms with Crippen molar-refractivity contribution in [3.8, 4) is 16.9 Å². The van der Waals surface area contributed by atoms with E-state index in [1.807, 2.05) is 73.6 Å². The summed E-state index contributed by atoms with van der Waals surface area (Å²) < 4.78 is 11.1. The van der Waals surface area contributed by atoms with Crippen molar-refractivity contribution in [3.05, 3.63) is 83.4 Å². The molecule has 0 aromatic heterocycles. The number of hydrogen-bond acceptors (Lipinski definition) is 11. The monoisotopic (exact) mass is 809 g/mol. The second-order valence-electron chi connectivity index (χ2n) is 17.1. The number of aliphatic imine (C=N–C) groups is 1. The number of carbonyl (C=O) groups excluding carboxylic acids is 3. The molecule has 1 heterocycles. The van der Waals surface area contributed by atoms with Gasteiger partial charge in [-0.2, -0.15) is 10.2 Å². The number of carbonyl (C=O) groups is 3. The van der Waals surface area contributed by atoms with Gasteiger partial charge in [0.15, 0.2) is 0 Å². The number of hydrogen-bond donors (Lipinski definition) is 3. The van der Waals surface area contributed by atoms with Gasteiger partial charge in [0.1, 0.15) is 17.9 Å². The molecule has 59 heavy (non-hydrogen) atoms. The van der Waals surface area contributed by atoms with E-state index in [0.717, 1.165) is 17.7 Å². The fourth-order valence-electron chi connectivity index (χ4n) is 9.55. The molecule has 1 saturated heterocycles. The van der Waals surface area contributed by atoms with Gasteiger partial charge in [0, 0.05) is 54.6 Å². The number of fused-ring (bicyclic) bond motifs is 2. The second kappa shape index (κ2) is 18.4. The molecule has 3 aromatic carbocycles. The van der Waals surface area contributed by atoms with E-state index in [1.54, 1.807) is 31.2 Å². The maximum atomic E-state index is 14.4. The maximum absolute atomic E-state index is 14.4. The Balaban J connectivity index is 1.30. The Morgan fingerprint density at radius 2 is 1.83 bits per heavy atom. The number of anilines is 1. The zero-order valence-electron chi connectivity index (χ0n) is 35.4. The van der Waals surface area contributed by atoms with Gasteiger partial charge in [-0.1, -0.05) is 74.5 Å². The van der Waals surface area contributed by atoms with Gasteiger partial charge < -0.3 is 30.6 Å². The molecule has 1 aliphatic heterocycles. The van der Waals surface area contributed by atoms with Gasteiger partial charge in [0.05, 0.1) is 39.3 Å². The van der Waals surface area contributed by atoms with E-state index < -0.39 is 42.0 Å². The number of nitrogens with zero attached hydrogens (tertiary/aromatic N) is 5. The lowest BCUT2D eigenvalue weighted by Crippen LogP contribution is -2.62. The Labute approximate surface area is 347 Å². The number of aliphatic hydroxyl groups is 1. The standard InChI is InChI=1S/C45H59N7O7/c1-26-36-21-33(45(36,3)4)22-37(26)49-43(55)40-39(27(2)53)38(24-48-50-46)59-52(40)25-29-15-12-16-35(41(29)57-7)30-18-31(20-34(19-30)51(5)6)42(54)47-23-32(44(56)58-8)17-28-13-10-9-11-14-28/h9-16,18-20,23,26-27,32-33,36-40,53H,17,21-22,24-25H2,1-8H3,(H2,46,48)(H,49,55)/t26-,27-,32?,33+,36-,37-,38-,39+,40-/m0/s1. The number of methoxy groups -OCH3 is 2. The summed E-state index contributed by atoms with van der Waals surface area (Å²) in [6.07, 6.45) is 2.20. The molecule has 2 amide bonds. The second-order valence-corrected chi connectivity index (χ2v) is 17.1. The lowest BCUT2D eigenvalue weighted by atomic mass is 9.45. The van der Waals surface area contributed by atoms with Gasteiger partial charge in [-0.15, -0.1) is 0 Å². The molecule has 1 unspecified atom stereocenters. The Kier molecular flexibility index (Phi) is 13.5. The quantitative estimate of drug-likeness (QED) is 0.0570. The molecule has 2 bridgehead atoms. The first kappa shape index (κ1) is 43.4. The maximum Gasteiger partial charge on any atom is 0.314 e. The summed E-state index contributed by atoms with van der Waals surface area (Å²) in [7, 11) is 6.64. The van der Waals surface area contributed by atoms with Crippen LogP contribution < -0.4 is 20.8 Å². The van der Waals surface area contributed by atoms with E-state index in [4.69, 9.17) is 20.2 Å². The predicted octanol–water partition coefficient (Wildman–Crippen LogP) is 5.67. The summed E-state index contributed by atoms with van der Waals surface area (Å²) in [4.78, 5) is 53.4. The number of hydroxylamine groups is 2. The van der Waals surface area contributed by atoms with Crippen molar-refractivity contribution in [3.63, 3.8) is 0 Å². The number of esters is 1. The summed E-state index contributed by atoms with van der Waals surface area (Å²) in [5, 5.41) is 23.5. The molecule has 4 N–H and O–H groups in total. The fraction of sp³-hybridized carbons (Fsp3) is 0.511. The zero-order valence-corrected chi connectivity index (χ0v) is 35.4. The molecule has 316 valence electrons. The number of benzene rings is 3. The molecule has 14 heteroatoms. The van der Waals surface area contributed by atoms with E-state index >= 15 is 0 Å². The molecule has 3 aliphatic carbocycles. The van der Waals surface area contributed by atoms with E-state index in [0.29, 0.717) is 52.2 Å². The largest absolute Gasteiger partial charge is 0.496 e. The molecule has 9 atom stereocenters. The van der Waals surface area contributed by atoms with Crippen LogP contribution in [0.1, 0.15) is 62.0 Å². The highest BCUT2D eigenvalue weighted by Crippen LogP contribution is 2.61. The predicted molar refractivity (Wildman–Crippen MR) is 226 cm³/mol. The van der Waals surface area contributed by atoms with Crippen LogP contribution in [0.15, 0.2) is 82.1 Å². The van der Waals surface area contributed by atoms with Crippen LogP contribution in [0.5, 0.6) is 5.75 Å². The summed E-state index contributed by atoms with van der Waals surface area (Å²) in [6.45, 7) is 8.73. The van der Waals surface area contributed by atoms with Crippen molar-refractivity contribution < 1.29 is 33.8 Å². The average Bonchev–Trinajstić information content (AvgIpc) is 3.59. The fourth-order valence-corrected chi connectivity index (χ4v) is 9.55. The number of para-hydroxylation sites is 1. The van der Waals surface area contributed by atoms with Crippen molar-refractivity contribution in [2.75, 3.05) is 39.8 Å². The Hall–Kier alpha value is -5.18. The van der Waals surface area contributed by atoms with Crippen LogP contribution in [0.2, 0.25) is 0 Å². The summed E-state index contributed by atoms with van der Waals surface area (Å²) in [5.41, 5.74) is 4.33. The first-order chi connectivity index (χ1) is 28.2. The van der Waals surface area contributed by atoms with E-state index in [1.165, 1.54) is 19.7 Å². The van der Waals surface area contributed by atoms with Crippen LogP contribution in [0.3, 0.4) is 0 Å². The minimum atomic E-state index is -0.910. The summed E-state index contributed by atoms with van der Waals surface area (Å²) >= 11 is 0. The third-order valence-corrected chi connectivity index (χ3v) is 13.0. The molecular formula is C45H59N7O7. The average molecular weight is 810 g/mol. The molecule has 0 radical (unpaired) electrons. The Bertz CT molecular complexity index is 2040. The van der Waals surface area contributed by atoms with E-state index in [2.05, 4.69) is 41.4 Å². The molecule has 0 spiro atoms. The lowest BCUT2D eigenvalue weighted by Gasteiger charge is -2.62. The number of aliphatic hydroxyl groups excluding tert-OH is 1. The molecule has 3 aromatic rings.